The molecule has 1 aliphatic carbocycles. The molecule has 0 saturated heterocycles. The summed E-state index contributed by atoms with van der Waals surface area (Å²) in [5, 5.41) is 18.5. The minimum absolute atomic E-state index is 0.0977. The Morgan fingerprint density at radius 2 is 1.54 bits per heavy atom. The van der Waals surface area contributed by atoms with Crippen LogP contribution in [0.2, 0.25) is 0 Å². The molecule has 0 spiro atoms. The van der Waals surface area contributed by atoms with Gasteiger partial charge in [-0.05, 0) is 52.5 Å². The van der Waals surface area contributed by atoms with Crippen LogP contribution in [0.5, 0.6) is 0 Å². The molecule has 4 atom stereocenters. The number of allylic oxidation sites excluding steroid dienone is 1. The van der Waals surface area contributed by atoms with Crippen LogP contribution < -0.4 is 16.0 Å². The molecule has 3 aromatic rings. The van der Waals surface area contributed by atoms with Gasteiger partial charge in [-0.1, -0.05) is 112 Å². The normalized spacial score (nSPS) is 20.8. The van der Waals surface area contributed by atoms with Gasteiger partial charge >= 0.3 is 12.1 Å². The summed E-state index contributed by atoms with van der Waals surface area (Å²) in [7, 11) is 0. The zero-order chi connectivity index (χ0) is 35.7. The summed E-state index contributed by atoms with van der Waals surface area (Å²) < 4.78 is 11.4. The first kappa shape index (κ1) is 36.3. The van der Waals surface area contributed by atoms with Gasteiger partial charge in [0.05, 0.1) is 24.6 Å². The lowest BCUT2D eigenvalue weighted by atomic mass is 9.86. The van der Waals surface area contributed by atoms with Crippen molar-refractivity contribution in [3.8, 4) is 11.1 Å². The molecule has 10 nitrogen and oxygen atoms in total. The van der Waals surface area contributed by atoms with Crippen molar-refractivity contribution >= 4 is 23.9 Å². The molecular weight excluding hydrogens is 634 g/mol. The van der Waals surface area contributed by atoms with Crippen LogP contribution in [0.15, 0.2) is 91.0 Å². The third kappa shape index (κ3) is 9.38. The Bertz CT molecular complexity index is 1640. The van der Waals surface area contributed by atoms with Gasteiger partial charge in [-0.3, -0.25) is 9.59 Å². The number of esters is 1. The monoisotopic (exact) mass is 681 g/mol. The molecule has 2 aliphatic rings. The van der Waals surface area contributed by atoms with E-state index in [0.29, 0.717) is 6.42 Å². The first-order chi connectivity index (χ1) is 24.0. The van der Waals surface area contributed by atoms with Crippen molar-refractivity contribution in [3.63, 3.8) is 0 Å². The van der Waals surface area contributed by atoms with E-state index in [2.05, 4.69) is 28.1 Å². The number of benzene rings is 3. The Hall–Kier alpha value is -4.96. The topological polar surface area (TPSA) is 143 Å². The van der Waals surface area contributed by atoms with Crippen molar-refractivity contribution in [2.45, 2.75) is 70.5 Å². The quantitative estimate of drug-likeness (QED) is 0.183. The minimum Gasteiger partial charge on any atom is -0.462 e. The Labute approximate surface area is 293 Å². The molecule has 5 rings (SSSR count). The lowest BCUT2D eigenvalue weighted by molar-refractivity contribution is -0.148. The third-order valence-electron chi connectivity index (χ3n) is 9.35. The summed E-state index contributed by atoms with van der Waals surface area (Å²) in [6, 6.07) is 23.5. The van der Waals surface area contributed by atoms with Crippen molar-refractivity contribution in [2.24, 2.45) is 11.3 Å². The van der Waals surface area contributed by atoms with Crippen LogP contribution in [0.25, 0.3) is 11.1 Å². The average molecular weight is 682 g/mol. The lowest BCUT2D eigenvalue weighted by Gasteiger charge is -2.33. The number of aliphatic hydroxyl groups excluding tert-OH is 1. The Morgan fingerprint density at radius 1 is 0.920 bits per heavy atom. The summed E-state index contributed by atoms with van der Waals surface area (Å²) in [6.45, 7) is 5.49. The molecule has 0 bridgehead atoms. The van der Waals surface area contributed by atoms with E-state index in [0.717, 1.165) is 27.8 Å². The number of rotatable bonds is 9. The maximum absolute atomic E-state index is 13.5. The highest BCUT2D eigenvalue weighted by atomic mass is 16.6. The van der Waals surface area contributed by atoms with E-state index in [9.17, 15) is 24.3 Å². The largest absolute Gasteiger partial charge is 0.462 e. The molecule has 264 valence electrons. The fourth-order valence-electron chi connectivity index (χ4n) is 6.41. The number of carbonyl (C=O) groups excluding carboxylic acids is 4. The van der Waals surface area contributed by atoms with Gasteiger partial charge in [0.25, 0.3) is 0 Å². The highest BCUT2D eigenvalue weighted by Gasteiger charge is 2.34. The van der Waals surface area contributed by atoms with Crippen LogP contribution in [0, 0.1) is 11.3 Å². The fraction of sp³-hybridized carbons (Fsp3) is 0.400. The smallest absolute Gasteiger partial charge is 0.407 e. The maximum atomic E-state index is 13.5. The van der Waals surface area contributed by atoms with E-state index in [4.69, 9.17) is 9.47 Å². The third-order valence-corrected chi connectivity index (χ3v) is 9.35. The number of nitrogens with one attached hydrogen (secondary N) is 3. The standard InChI is InChI=1S/C40H47N3O7/c1-40(2,3)35-25-49-38(47)34(42-39(48)50-24-33-31-18-10-8-16-29(31)30-17-9-11-19-32(30)33)20-12-7-15-27(37(46)43-35)22-36(45)41-28(23-44)21-26-13-5-4-6-14-26/h4-14,16-19,27-28,33-35,44H,15,20-25H2,1-3H3,(H,41,45)(H,42,48)(H,43,46)/b12-7-/t27-,28+,34+,35+/m0/s1. The number of hydrogen-bond donors (Lipinski definition) is 4. The second-order valence-electron chi connectivity index (χ2n) is 14.1. The van der Waals surface area contributed by atoms with E-state index >= 15 is 0 Å². The van der Waals surface area contributed by atoms with E-state index in [1.54, 1.807) is 12.2 Å². The van der Waals surface area contributed by atoms with Crippen LogP contribution in [0.1, 0.15) is 62.6 Å². The molecule has 4 N–H and O–H groups in total. The van der Waals surface area contributed by atoms with Gasteiger partial charge in [0.1, 0.15) is 19.3 Å². The molecule has 0 fully saturated rings. The zero-order valence-electron chi connectivity index (χ0n) is 28.9. The molecule has 1 heterocycles. The van der Waals surface area contributed by atoms with Crippen molar-refractivity contribution in [1.29, 1.82) is 0 Å². The van der Waals surface area contributed by atoms with Gasteiger partial charge in [0.15, 0.2) is 0 Å². The lowest BCUT2D eigenvalue weighted by Crippen LogP contribution is -2.51. The van der Waals surface area contributed by atoms with E-state index in [1.807, 2.05) is 87.5 Å². The van der Waals surface area contributed by atoms with Gasteiger partial charge < -0.3 is 30.5 Å². The molecule has 1 aliphatic heterocycles. The highest BCUT2D eigenvalue weighted by molar-refractivity contribution is 5.86. The van der Waals surface area contributed by atoms with Crippen molar-refractivity contribution < 1.29 is 33.8 Å². The molecule has 3 amide bonds. The average Bonchev–Trinajstić information content (AvgIpc) is 3.42. The van der Waals surface area contributed by atoms with Crippen LogP contribution in [0.4, 0.5) is 4.79 Å². The first-order valence-corrected chi connectivity index (χ1v) is 17.2. The SMILES string of the molecule is CC(C)(C)[C@H]1COC(=O)[C@H](NC(=O)OCC2c3ccccc3-c3ccccc32)C/C=C\C[C@@H](CC(=O)N[C@@H](CO)Cc2ccccc2)C(=O)N1. The minimum atomic E-state index is -1.03. The second kappa shape index (κ2) is 16.6. The van der Waals surface area contributed by atoms with Crippen LogP contribution in [-0.4, -0.2) is 66.9 Å². The first-order valence-electron chi connectivity index (χ1n) is 17.2. The van der Waals surface area contributed by atoms with E-state index in [-0.39, 0.29) is 56.8 Å². The zero-order valence-corrected chi connectivity index (χ0v) is 28.9. The summed E-state index contributed by atoms with van der Waals surface area (Å²) >= 11 is 0. The van der Waals surface area contributed by atoms with Crippen LogP contribution in [-0.2, 0) is 30.3 Å². The van der Waals surface area contributed by atoms with Crippen LogP contribution >= 0.6 is 0 Å². The fourth-order valence-corrected chi connectivity index (χ4v) is 6.41. The van der Waals surface area contributed by atoms with Crippen molar-refractivity contribution in [2.75, 3.05) is 19.8 Å². The molecule has 0 aromatic heterocycles. The Morgan fingerprint density at radius 3 is 2.18 bits per heavy atom. The summed E-state index contributed by atoms with van der Waals surface area (Å²) in [5.74, 6) is -2.17. The number of amides is 3. The number of hydrogen-bond acceptors (Lipinski definition) is 7. The number of cyclic esters (lactones) is 1. The Balaban J connectivity index is 1.24. The Kier molecular flexibility index (Phi) is 12.1. The summed E-state index contributed by atoms with van der Waals surface area (Å²) in [4.78, 5) is 53.0. The molecule has 0 saturated carbocycles. The maximum Gasteiger partial charge on any atom is 0.407 e. The number of fused-ring (bicyclic) bond motifs is 3. The van der Waals surface area contributed by atoms with Crippen molar-refractivity contribution in [3.05, 3.63) is 108 Å². The van der Waals surface area contributed by atoms with Gasteiger partial charge in [-0.25, -0.2) is 9.59 Å². The van der Waals surface area contributed by atoms with Gasteiger partial charge in [-0.15, -0.1) is 0 Å². The molecule has 50 heavy (non-hydrogen) atoms. The molecule has 10 heteroatoms. The van der Waals surface area contributed by atoms with E-state index < -0.39 is 41.5 Å². The summed E-state index contributed by atoms with van der Waals surface area (Å²) in [5.41, 5.74) is 4.87. The molecular formula is C40H47N3O7. The molecule has 0 radical (unpaired) electrons. The van der Waals surface area contributed by atoms with Crippen LogP contribution in [0.3, 0.4) is 0 Å². The van der Waals surface area contributed by atoms with Gasteiger partial charge in [0, 0.05) is 12.3 Å². The number of ether oxygens (including phenoxy) is 2. The predicted octanol–water partition coefficient (Wildman–Crippen LogP) is 5.04. The number of carbonyl (C=O) groups is 4. The van der Waals surface area contributed by atoms with Gasteiger partial charge in [0.2, 0.25) is 11.8 Å². The predicted molar refractivity (Wildman–Crippen MR) is 190 cm³/mol. The highest BCUT2D eigenvalue weighted by Crippen LogP contribution is 2.44. The van der Waals surface area contributed by atoms with Gasteiger partial charge in [-0.2, -0.15) is 0 Å². The molecule has 0 unspecified atom stereocenters. The summed E-state index contributed by atoms with van der Waals surface area (Å²) in [6.07, 6.45) is 3.38. The number of alkyl carbamates (subject to hydrolysis) is 1. The molecule has 3 aromatic carbocycles. The number of aliphatic hydroxyl groups is 1. The van der Waals surface area contributed by atoms with E-state index in [1.165, 1.54) is 0 Å². The van der Waals surface area contributed by atoms with Crippen molar-refractivity contribution in [1.82, 2.24) is 16.0 Å². The second-order valence-corrected chi connectivity index (χ2v) is 14.1.